The highest BCUT2D eigenvalue weighted by Gasteiger charge is 2.35. The van der Waals surface area contributed by atoms with Crippen LogP contribution in [0.25, 0.3) is 10.9 Å². The molecule has 4 aromatic rings. The molecule has 0 bridgehead atoms. The lowest BCUT2D eigenvalue weighted by Gasteiger charge is -2.36. The standard InChI is InChI=1S/C26H22FN3O4/c1-32-18-7-8-21-20(13-18)19-10-11-30(25(24(19)29-21)15-2-4-16(27)5-3-15)26(31)28-17-6-9-22-23(12-17)34-14-33-22/h2-9,12-13,25,29H,10-11,14H2,1H3,(H,28,31). The molecule has 0 spiro atoms. The van der Waals surface area contributed by atoms with Crippen molar-refractivity contribution in [2.45, 2.75) is 12.5 Å². The number of aromatic amines is 1. The Balaban J connectivity index is 1.39. The summed E-state index contributed by atoms with van der Waals surface area (Å²) in [6.07, 6.45) is 0.675. The van der Waals surface area contributed by atoms with Gasteiger partial charge in [-0.3, -0.25) is 0 Å². The molecule has 2 aliphatic rings. The van der Waals surface area contributed by atoms with Gasteiger partial charge in [0.25, 0.3) is 0 Å². The Morgan fingerprint density at radius 3 is 2.74 bits per heavy atom. The molecule has 2 aliphatic heterocycles. The van der Waals surface area contributed by atoms with Crippen molar-refractivity contribution in [3.05, 3.63) is 83.3 Å². The van der Waals surface area contributed by atoms with Gasteiger partial charge in [0, 0.05) is 34.9 Å². The number of H-pyrrole nitrogens is 1. The molecule has 172 valence electrons. The highest BCUT2D eigenvalue weighted by molar-refractivity contribution is 5.92. The van der Waals surface area contributed by atoms with Gasteiger partial charge in [-0.2, -0.15) is 0 Å². The van der Waals surface area contributed by atoms with Gasteiger partial charge < -0.3 is 29.4 Å². The number of ether oxygens (including phenoxy) is 3. The summed E-state index contributed by atoms with van der Waals surface area (Å²) in [7, 11) is 1.64. The van der Waals surface area contributed by atoms with Crippen LogP contribution in [-0.2, 0) is 6.42 Å². The highest BCUT2D eigenvalue weighted by atomic mass is 19.1. The van der Waals surface area contributed by atoms with Crippen molar-refractivity contribution >= 4 is 22.6 Å². The van der Waals surface area contributed by atoms with Crippen LogP contribution in [0.2, 0.25) is 0 Å². The van der Waals surface area contributed by atoms with Crippen LogP contribution in [0.15, 0.2) is 60.7 Å². The Hall–Kier alpha value is -4.20. The third-order valence-corrected chi connectivity index (χ3v) is 6.40. The molecule has 0 aliphatic carbocycles. The van der Waals surface area contributed by atoms with Crippen LogP contribution >= 0.6 is 0 Å². The summed E-state index contributed by atoms with van der Waals surface area (Å²) >= 11 is 0. The quantitative estimate of drug-likeness (QED) is 0.440. The zero-order valence-electron chi connectivity index (χ0n) is 18.4. The van der Waals surface area contributed by atoms with E-state index in [4.69, 9.17) is 14.2 Å². The smallest absolute Gasteiger partial charge is 0.322 e. The molecule has 1 unspecified atom stereocenters. The van der Waals surface area contributed by atoms with E-state index in [1.165, 1.54) is 12.1 Å². The third-order valence-electron chi connectivity index (χ3n) is 6.40. The van der Waals surface area contributed by atoms with Crippen molar-refractivity contribution in [3.63, 3.8) is 0 Å². The minimum absolute atomic E-state index is 0.166. The summed E-state index contributed by atoms with van der Waals surface area (Å²) in [6.45, 7) is 0.662. The fraction of sp³-hybridized carbons (Fsp3) is 0.192. The van der Waals surface area contributed by atoms with Crippen LogP contribution in [0.1, 0.15) is 22.9 Å². The van der Waals surface area contributed by atoms with Crippen LogP contribution < -0.4 is 19.5 Å². The molecule has 7 nitrogen and oxygen atoms in total. The number of halogens is 1. The number of aromatic nitrogens is 1. The summed E-state index contributed by atoms with van der Waals surface area (Å²) in [6, 6.07) is 16.8. The van der Waals surface area contributed by atoms with E-state index in [1.807, 2.05) is 18.2 Å². The normalized spacial score (nSPS) is 16.4. The topological polar surface area (TPSA) is 75.8 Å². The molecular formula is C26H22FN3O4. The van der Waals surface area contributed by atoms with Gasteiger partial charge in [-0.25, -0.2) is 9.18 Å². The monoisotopic (exact) mass is 459 g/mol. The average molecular weight is 459 g/mol. The predicted octanol–water partition coefficient (Wildman–Crippen LogP) is 5.22. The van der Waals surface area contributed by atoms with E-state index in [0.29, 0.717) is 30.2 Å². The number of nitrogens with one attached hydrogen (secondary N) is 2. The zero-order chi connectivity index (χ0) is 23.2. The second-order valence-corrected chi connectivity index (χ2v) is 8.32. The Kier molecular flexibility index (Phi) is 4.79. The van der Waals surface area contributed by atoms with Gasteiger partial charge in [0.05, 0.1) is 13.2 Å². The van der Waals surface area contributed by atoms with Crippen molar-refractivity contribution in [2.24, 2.45) is 0 Å². The molecule has 34 heavy (non-hydrogen) atoms. The van der Waals surface area contributed by atoms with Crippen LogP contribution in [0.4, 0.5) is 14.9 Å². The van der Waals surface area contributed by atoms with E-state index in [9.17, 15) is 9.18 Å². The Labute approximate surface area is 195 Å². The number of hydrogen-bond donors (Lipinski definition) is 2. The number of anilines is 1. The fourth-order valence-corrected chi connectivity index (χ4v) is 4.77. The van der Waals surface area contributed by atoms with Crippen LogP contribution in [0.5, 0.6) is 17.2 Å². The maximum absolute atomic E-state index is 13.7. The van der Waals surface area contributed by atoms with Crippen LogP contribution in [0, 0.1) is 5.82 Å². The van der Waals surface area contributed by atoms with Crippen LogP contribution in [-0.4, -0.2) is 36.4 Å². The SMILES string of the molecule is COc1ccc2[nH]c3c(c2c1)CCN(C(=O)Nc1ccc2c(c1)OCO2)C3c1ccc(F)cc1. The van der Waals surface area contributed by atoms with Gasteiger partial charge in [-0.1, -0.05) is 12.1 Å². The van der Waals surface area contributed by atoms with E-state index in [2.05, 4.69) is 10.3 Å². The Bertz CT molecular complexity index is 1400. The molecule has 1 atom stereocenters. The molecule has 2 amide bonds. The van der Waals surface area contributed by atoms with Gasteiger partial charge in [0.1, 0.15) is 11.6 Å². The summed E-state index contributed by atoms with van der Waals surface area (Å²) in [5.74, 6) is 1.70. The number of rotatable bonds is 3. The van der Waals surface area contributed by atoms with E-state index >= 15 is 0 Å². The maximum atomic E-state index is 13.7. The van der Waals surface area contributed by atoms with Crippen molar-refractivity contribution < 1.29 is 23.4 Å². The second-order valence-electron chi connectivity index (χ2n) is 8.32. The first kappa shape index (κ1) is 20.4. The zero-order valence-corrected chi connectivity index (χ0v) is 18.4. The number of methoxy groups -OCH3 is 1. The molecule has 0 saturated heterocycles. The summed E-state index contributed by atoms with van der Waals surface area (Å²) in [4.78, 5) is 18.8. The first-order valence-electron chi connectivity index (χ1n) is 11.0. The van der Waals surface area contributed by atoms with Gasteiger partial charge in [-0.05, 0) is 60.0 Å². The maximum Gasteiger partial charge on any atom is 0.322 e. The van der Waals surface area contributed by atoms with E-state index < -0.39 is 6.04 Å². The van der Waals surface area contributed by atoms with E-state index in [0.717, 1.165) is 33.5 Å². The molecule has 6 rings (SSSR count). The molecule has 3 heterocycles. The minimum atomic E-state index is -0.406. The first-order chi connectivity index (χ1) is 16.6. The van der Waals surface area contributed by atoms with E-state index in [1.54, 1.807) is 42.3 Å². The Morgan fingerprint density at radius 2 is 1.91 bits per heavy atom. The predicted molar refractivity (Wildman–Crippen MR) is 125 cm³/mol. The lowest BCUT2D eigenvalue weighted by Crippen LogP contribution is -2.43. The number of hydrogen-bond acceptors (Lipinski definition) is 4. The fourth-order valence-electron chi connectivity index (χ4n) is 4.77. The highest BCUT2D eigenvalue weighted by Crippen LogP contribution is 2.40. The van der Waals surface area contributed by atoms with Crippen LogP contribution in [0.3, 0.4) is 0 Å². The summed E-state index contributed by atoms with van der Waals surface area (Å²) < 4.78 is 29.9. The number of carbonyl (C=O) groups excluding carboxylic acids is 1. The summed E-state index contributed by atoms with van der Waals surface area (Å²) in [5, 5.41) is 4.05. The largest absolute Gasteiger partial charge is 0.497 e. The van der Waals surface area contributed by atoms with Gasteiger partial charge in [0.15, 0.2) is 11.5 Å². The van der Waals surface area contributed by atoms with Crippen molar-refractivity contribution in [1.29, 1.82) is 0 Å². The van der Waals surface area contributed by atoms with Crippen molar-refractivity contribution in [2.75, 3.05) is 25.8 Å². The third kappa shape index (κ3) is 3.39. The number of fused-ring (bicyclic) bond motifs is 4. The molecule has 3 aromatic carbocycles. The molecule has 1 aromatic heterocycles. The van der Waals surface area contributed by atoms with Crippen molar-refractivity contribution in [1.82, 2.24) is 9.88 Å². The molecular weight excluding hydrogens is 437 g/mol. The van der Waals surface area contributed by atoms with Gasteiger partial charge >= 0.3 is 6.03 Å². The molecule has 0 saturated carbocycles. The lowest BCUT2D eigenvalue weighted by molar-refractivity contribution is 0.174. The molecule has 2 N–H and O–H groups in total. The molecule has 0 fully saturated rings. The van der Waals surface area contributed by atoms with E-state index in [-0.39, 0.29) is 18.6 Å². The number of amides is 2. The second kappa shape index (κ2) is 7.98. The number of benzene rings is 3. The van der Waals surface area contributed by atoms with Gasteiger partial charge in [0.2, 0.25) is 6.79 Å². The van der Waals surface area contributed by atoms with Crippen molar-refractivity contribution in [3.8, 4) is 17.2 Å². The first-order valence-corrected chi connectivity index (χ1v) is 11.0. The Morgan fingerprint density at radius 1 is 1.09 bits per heavy atom. The number of carbonyl (C=O) groups is 1. The number of urea groups is 1. The summed E-state index contributed by atoms with van der Waals surface area (Å²) in [5.41, 5.74) is 4.45. The lowest BCUT2D eigenvalue weighted by atomic mass is 9.92. The average Bonchev–Trinajstić information content (AvgIpc) is 3.47. The van der Waals surface area contributed by atoms with Gasteiger partial charge in [-0.15, -0.1) is 0 Å². The molecule has 8 heteroatoms. The minimum Gasteiger partial charge on any atom is -0.497 e. The number of nitrogens with zero attached hydrogens (tertiary/aromatic N) is 1. The molecule has 0 radical (unpaired) electrons.